The van der Waals surface area contributed by atoms with Crippen molar-refractivity contribution in [3.8, 4) is 11.8 Å². The van der Waals surface area contributed by atoms with Crippen LogP contribution in [-0.2, 0) is 9.47 Å². The number of fused-ring (bicyclic) bond motifs is 1. The Labute approximate surface area is 135 Å². The normalized spacial score (nSPS) is 12.0. The van der Waals surface area contributed by atoms with E-state index in [4.69, 9.17) is 21.1 Å². The predicted molar refractivity (Wildman–Crippen MR) is 88.0 cm³/mol. The van der Waals surface area contributed by atoms with Crippen molar-refractivity contribution in [2.45, 2.75) is 26.4 Å². The van der Waals surface area contributed by atoms with Gasteiger partial charge in [-0.05, 0) is 31.4 Å². The number of para-hydroxylation sites is 2. The lowest BCUT2D eigenvalue weighted by molar-refractivity contribution is 0.0293. The van der Waals surface area contributed by atoms with Crippen LogP contribution in [0.5, 0.6) is 0 Å². The summed E-state index contributed by atoms with van der Waals surface area (Å²) >= 11 is 6.14. The van der Waals surface area contributed by atoms with E-state index in [-0.39, 0.29) is 6.10 Å². The van der Waals surface area contributed by atoms with Gasteiger partial charge in [-0.25, -0.2) is 9.97 Å². The highest BCUT2D eigenvalue weighted by molar-refractivity contribution is 6.30. The molecule has 0 amide bonds. The average molecular weight is 319 g/mol. The van der Waals surface area contributed by atoms with Gasteiger partial charge in [0, 0.05) is 6.61 Å². The van der Waals surface area contributed by atoms with Crippen LogP contribution in [0.4, 0.5) is 0 Å². The summed E-state index contributed by atoms with van der Waals surface area (Å²) in [6.45, 7) is 5.77. The molecule has 1 heterocycles. The lowest BCUT2D eigenvalue weighted by atomic mass is 10.2. The number of nitrogens with zero attached hydrogens (tertiary/aromatic N) is 2. The van der Waals surface area contributed by atoms with Crippen LogP contribution in [0, 0.1) is 11.8 Å². The van der Waals surface area contributed by atoms with Crippen molar-refractivity contribution in [2.24, 2.45) is 0 Å². The number of hydrogen-bond donors (Lipinski definition) is 0. The summed E-state index contributed by atoms with van der Waals surface area (Å²) in [5, 5.41) is 0.315. The van der Waals surface area contributed by atoms with E-state index in [1.807, 2.05) is 38.1 Å². The Balaban J connectivity index is 2.10. The van der Waals surface area contributed by atoms with Gasteiger partial charge in [-0.2, -0.15) is 0 Å². The molecule has 4 nitrogen and oxygen atoms in total. The molecule has 0 bridgehead atoms. The summed E-state index contributed by atoms with van der Waals surface area (Å²) in [6.07, 6.45) is 0.627. The fourth-order valence-corrected chi connectivity index (χ4v) is 2.04. The minimum absolute atomic E-state index is 0.162. The summed E-state index contributed by atoms with van der Waals surface area (Å²) < 4.78 is 10.9. The zero-order chi connectivity index (χ0) is 15.8. The second-order valence-corrected chi connectivity index (χ2v) is 4.94. The van der Waals surface area contributed by atoms with Crippen LogP contribution in [0.1, 0.15) is 26.0 Å². The van der Waals surface area contributed by atoms with Gasteiger partial charge in [-0.3, -0.25) is 0 Å². The lowest BCUT2D eigenvalue weighted by Gasteiger charge is -2.09. The maximum absolute atomic E-state index is 6.14. The summed E-state index contributed by atoms with van der Waals surface area (Å²) in [4.78, 5) is 8.75. The highest BCUT2D eigenvalue weighted by Crippen LogP contribution is 2.16. The molecule has 0 spiro atoms. The van der Waals surface area contributed by atoms with Crippen LogP contribution in [-0.4, -0.2) is 35.9 Å². The lowest BCUT2D eigenvalue weighted by Crippen LogP contribution is -2.13. The largest absolute Gasteiger partial charge is 0.379 e. The summed E-state index contributed by atoms with van der Waals surface area (Å²) in [5.74, 6) is 6.03. The summed E-state index contributed by atoms with van der Waals surface area (Å²) in [7, 11) is 0. The Morgan fingerprint density at radius 2 is 1.86 bits per heavy atom. The zero-order valence-corrected chi connectivity index (χ0v) is 13.6. The van der Waals surface area contributed by atoms with E-state index in [1.165, 1.54) is 0 Å². The maximum atomic E-state index is 6.14. The Bertz CT molecular complexity index is 679. The topological polar surface area (TPSA) is 44.2 Å². The van der Waals surface area contributed by atoms with E-state index in [0.717, 1.165) is 17.5 Å². The number of rotatable bonds is 6. The van der Waals surface area contributed by atoms with E-state index in [0.29, 0.717) is 30.7 Å². The third kappa shape index (κ3) is 4.67. The Morgan fingerprint density at radius 3 is 2.55 bits per heavy atom. The Morgan fingerprint density at radius 1 is 1.14 bits per heavy atom. The van der Waals surface area contributed by atoms with E-state index < -0.39 is 0 Å². The van der Waals surface area contributed by atoms with Gasteiger partial charge in [0.2, 0.25) is 0 Å². The molecule has 0 radical (unpaired) electrons. The number of halogens is 1. The van der Waals surface area contributed by atoms with Gasteiger partial charge in [0.1, 0.15) is 6.10 Å². The molecule has 1 aromatic heterocycles. The second-order valence-electron chi connectivity index (χ2n) is 4.59. The molecule has 2 rings (SSSR count). The summed E-state index contributed by atoms with van der Waals surface area (Å²) in [6, 6.07) is 7.57. The van der Waals surface area contributed by atoms with Crippen LogP contribution in [0.2, 0.25) is 5.15 Å². The van der Waals surface area contributed by atoms with Crippen molar-refractivity contribution >= 4 is 22.6 Å². The van der Waals surface area contributed by atoms with Gasteiger partial charge in [0.05, 0.1) is 24.2 Å². The van der Waals surface area contributed by atoms with Crippen LogP contribution < -0.4 is 0 Å². The monoisotopic (exact) mass is 318 g/mol. The van der Waals surface area contributed by atoms with Crippen molar-refractivity contribution in [2.75, 3.05) is 19.8 Å². The first-order valence-corrected chi connectivity index (χ1v) is 7.75. The van der Waals surface area contributed by atoms with Crippen molar-refractivity contribution < 1.29 is 9.47 Å². The maximum Gasteiger partial charge on any atom is 0.164 e. The summed E-state index contributed by atoms with van der Waals surface area (Å²) in [5.41, 5.74) is 2.02. The quantitative estimate of drug-likeness (QED) is 0.604. The number of benzene rings is 1. The molecule has 1 atom stereocenters. The molecule has 0 fully saturated rings. The molecule has 0 saturated carbocycles. The molecular weight excluding hydrogens is 300 g/mol. The molecule has 116 valence electrons. The zero-order valence-electron chi connectivity index (χ0n) is 12.8. The number of ether oxygens (including phenoxy) is 2. The van der Waals surface area contributed by atoms with E-state index in [1.54, 1.807) is 0 Å². The third-order valence-corrected chi connectivity index (χ3v) is 3.26. The van der Waals surface area contributed by atoms with Crippen LogP contribution in [0.25, 0.3) is 11.0 Å². The Hall–Kier alpha value is -1.67. The number of aromatic nitrogens is 2. The number of hydrogen-bond acceptors (Lipinski definition) is 4. The molecule has 5 heteroatoms. The SMILES string of the molecule is CCOCCOC(C#Cc1nc2ccccc2nc1Cl)CC. The average Bonchev–Trinajstić information content (AvgIpc) is 2.54. The van der Waals surface area contributed by atoms with E-state index >= 15 is 0 Å². The minimum atomic E-state index is -0.162. The molecule has 0 N–H and O–H groups in total. The standard InChI is InChI=1S/C17H19ClN2O2/c1-3-13(22-12-11-21-4-2)9-10-16-17(18)20-15-8-6-5-7-14(15)19-16/h5-8,13H,3-4,11-12H2,1-2H3. The first-order valence-electron chi connectivity index (χ1n) is 7.37. The molecule has 1 unspecified atom stereocenters. The van der Waals surface area contributed by atoms with Gasteiger partial charge >= 0.3 is 0 Å². The molecular formula is C17H19ClN2O2. The van der Waals surface area contributed by atoms with Crippen LogP contribution >= 0.6 is 11.6 Å². The van der Waals surface area contributed by atoms with Crippen molar-refractivity contribution in [1.82, 2.24) is 9.97 Å². The van der Waals surface area contributed by atoms with Gasteiger partial charge < -0.3 is 9.47 Å². The van der Waals surface area contributed by atoms with Gasteiger partial charge in [0.15, 0.2) is 10.8 Å². The third-order valence-electron chi connectivity index (χ3n) is 3.00. The van der Waals surface area contributed by atoms with Crippen LogP contribution in [0.3, 0.4) is 0 Å². The Kier molecular flexibility index (Phi) is 6.60. The highest BCUT2D eigenvalue weighted by atomic mass is 35.5. The fourth-order valence-electron chi connectivity index (χ4n) is 1.86. The van der Waals surface area contributed by atoms with Gasteiger partial charge in [-0.1, -0.05) is 36.6 Å². The molecule has 22 heavy (non-hydrogen) atoms. The predicted octanol–water partition coefficient (Wildman–Crippen LogP) is 3.47. The van der Waals surface area contributed by atoms with Gasteiger partial charge in [-0.15, -0.1) is 0 Å². The molecule has 0 aliphatic carbocycles. The molecule has 0 aliphatic heterocycles. The van der Waals surface area contributed by atoms with Crippen LogP contribution in [0.15, 0.2) is 24.3 Å². The fraction of sp³-hybridized carbons (Fsp3) is 0.412. The molecule has 0 aliphatic rings. The smallest absolute Gasteiger partial charge is 0.164 e. The first-order chi connectivity index (χ1) is 10.7. The molecule has 0 saturated heterocycles. The highest BCUT2D eigenvalue weighted by Gasteiger charge is 2.06. The molecule has 2 aromatic rings. The van der Waals surface area contributed by atoms with E-state index in [9.17, 15) is 0 Å². The van der Waals surface area contributed by atoms with Crippen molar-refractivity contribution in [3.63, 3.8) is 0 Å². The molecule has 1 aromatic carbocycles. The van der Waals surface area contributed by atoms with E-state index in [2.05, 4.69) is 21.8 Å². The first kappa shape index (κ1) is 16.7. The van der Waals surface area contributed by atoms with Crippen molar-refractivity contribution in [1.29, 1.82) is 0 Å². The van der Waals surface area contributed by atoms with Gasteiger partial charge in [0.25, 0.3) is 0 Å². The second kappa shape index (κ2) is 8.70. The minimum Gasteiger partial charge on any atom is -0.379 e. The van der Waals surface area contributed by atoms with Crippen molar-refractivity contribution in [3.05, 3.63) is 35.1 Å².